The number of esters is 4. The predicted octanol–water partition coefficient (Wildman–Crippen LogP) is 19.0. The number of hydrogen-bond donors (Lipinski definition) is 2. The Morgan fingerprint density at radius 1 is 0.595 bits per heavy atom. The zero-order chi connectivity index (χ0) is 84.4. The third kappa shape index (κ3) is 28.6. The van der Waals surface area contributed by atoms with Crippen molar-refractivity contribution in [3.8, 4) is 11.5 Å². The molecule has 2 fully saturated rings. The lowest BCUT2D eigenvalue weighted by Gasteiger charge is -2.49. The maximum atomic E-state index is 14.1. The first-order chi connectivity index (χ1) is 56.2. The molecule has 0 radical (unpaired) electrons. The summed E-state index contributed by atoms with van der Waals surface area (Å²) < 4.78 is 34.9. The number of Topliss-reactive ketones (excluding diaryl/α,β-unsaturated/α-hetero) is 1. The Hall–Kier alpha value is -7.89. The van der Waals surface area contributed by atoms with E-state index >= 15 is 0 Å². The Morgan fingerprint density at radius 2 is 0.959 bits per heavy atom. The number of halogens is 7. The van der Waals surface area contributed by atoms with E-state index in [1.54, 1.807) is 76.6 Å². The molecule has 3 N–H and O–H groups in total. The molecule has 2 unspecified atom stereocenters. The van der Waals surface area contributed by atoms with Gasteiger partial charge in [-0.3, -0.25) is 24.2 Å². The Kier molecular flexibility index (Phi) is 44.0. The number of thioether (sulfide) groups is 2. The molecule has 121 heavy (non-hydrogen) atoms. The fourth-order valence-electron chi connectivity index (χ4n) is 11.5. The number of aromatic nitrogens is 2. The summed E-state index contributed by atoms with van der Waals surface area (Å²) in [5.74, 6) is -3.28. The number of amides is 2. The molecule has 4 aliphatic rings. The number of methoxy groups -OCH3 is 2. The van der Waals surface area contributed by atoms with E-state index in [-0.39, 0.29) is 103 Å². The van der Waals surface area contributed by atoms with E-state index in [9.17, 15) is 43.5 Å². The number of carbonyl (C=O) groups is 8. The van der Waals surface area contributed by atoms with Crippen molar-refractivity contribution < 1.29 is 81.6 Å². The molecule has 24 nitrogen and oxygen atoms in total. The van der Waals surface area contributed by atoms with Gasteiger partial charge < -0.3 is 48.9 Å². The van der Waals surface area contributed by atoms with Crippen LogP contribution in [-0.4, -0.2) is 151 Å². The van der Waals surface area contributed by atoms with E-state index in [4.69, 9.17) is 78.6 Å². The number of carboxylic acids is 1. The number of rotatable bonds is 30. The number of benzene rings is 6. The van der Waals surface area contributed by atoms with Gasteiger partial charge in [0.2, 0.25) is 29.7 Å². The van der Waals surface area contributed by atoms with Gasteiger partial charge in [0.05, 0.1) is 35.5 Å². The highest BCUT2D eigenvalue weighted by molar-refractivity contribution is 14.3. The zero-order valence-corrected chi connectivity index (χ0v) is 77.0. The van der Waals surface area contributed by atoms with Crippen molar-refractivity contribution in [1.82, 2.24) is 19.8 Å². The summed E-state index contributed by atoms with van der Waals surface area (Å²) in [4.78, 5) is 126. The van der Waals surface area contributed by atoms with Crippen LogP contribution in [0.1, 0.15) is 110 Å². The van der Waals surface area contributed by atoms with Crippen molar-refractivity contribution in [2.24, 2.45) is 22.0 Å². The summed E-state index contributed by atoms with van der Waals surface area (Å²) in [5, 5.41) is 17.6. The summed E-state index contributed by atoms with van der Waals surface area (Å²) >= 11 is 30.4. The van der Waals surface area contributed by atoms with E-state index < -0.39 is 89.0 Å². The molecule has 2 saturated heterocycles. The second kappa shape index (κ2) is 51.4. The van der Waals surface area contributed by atoms with Crippen molar-refractivity contribution in [2.45, 2.75) is 118 Å². The normalized spacial score (nSPS) is 16.2. The average Bonchev–Trinajstić information content (AvgIpc) is 0.954. The van der Waals surface area contributed by atoms with Gasteiger partial charge in [0, 0.05) is 28.2 Å². The van der Waals surface area contributed by atoms with Gasteiger partial charge in [-0.1, -0.05) is 255 Å². The lowest BCUT2D eigenvalue weighted by molar-refractivity contribution is -0.160. The molecule has 2 amide bonds. The molecule has 4 aliphatic heterocycles. The summed E-state index contributed by atoms with van der Waals surface area (Å²) in [6.07, 6.45) is 3.20. The number of aryl methyl sites for hydroxylation is 2. The third-order valence-corrected chi connectivity index (χ3v) is 23.0. The smallest absolute Gasteiger partial charge is 0.360 e. The first kappa shape index (κ1) is 104. The van der Waals surface area contributed by atoms with Crippen LogP contribution < -0.4 is 15.2 Å². The van der Waals surface area contributed by atoms with Crippen LogP contribution >= 0.6 is 161 Å². The maximum Gasteiger partial charge on any atom is 0.360 e. The summed E-state index contributed by atoms with van der Waals surface area (Å²) in [6, 6.07) is 50.9. The number of β-lactam (4-membered cyclic amide) rings is 2. The predicted molar refractivity (Wildman–Crippen MR) is 509 cm³/mol. The van der Waals surface area contributed by atoms with Crippen LogP contribution in [0.15, 0.2) is 227 Å². The van der Waals surface area contributed by atoms with Crippen LogP contribution in [-0.2, 0) is 80.2 Å². The second-order valence-electron chi connectivity index (χ2n) is 25.5. The van der Waals surface area contributed by atoms with Crippen molar-refractivity contribution >= 4 is 222 Å². The third-order valence-electron chi connectivity index (χ3n) is 17.3. The molecular weight excluding hydrogens is 2050 g/mol. The summed E-state index contributed by atoms with van der Waals surface area (Å²) in [5.41, 5.74) is 11.7. The van der Waals surface area contributed by atoms with Gasteiger partial charge in [-0.25, -0.2) is 33.9 Å². The van der Waals surface area contributed by atoms with Gasteiger partial charge >= 0.3 is 29.8 Å². The number of ether oxygens (including phenoxy) is 6. The number of alkyl halides is 2. The molecule has 0 bridgehead atoms. The average molecular weight is 2140 g/mol. The number of allylic oxidation sites excluding steroid dienone is 4. The number of aliphatic carboxylic acids is 1. The van der Waals surface area contributed by atoms with Crippen molar-refractivity contribution in [3.05, 3.63) is 280 Å². The molecule has 36 heteroatoms. The fourth-order valence-corrected chi connectivity index (χ4v) is 16.7. The number of thiazole rings is 2. The Balaban J connectivity index is 0.000000339. The Labute approximate surface area is 782 Å². The maximum absolute atomic E-state index is 14.1. The van der Waals surface area contributed by atoms with Gasteiger partial charge in [0.25, 0.3) is 2.43 Å². The number of nitrogens with two attached hydrogens (primary N) is 1. The number of oxime groups is 2. The second-order valence-corrected chi connectivity index (χ2v) is 38.6. The molecule has 6 atom stereocenters. The molecular formula is C85H91BCl4I3N7O17S4. The lowest BCUT2D eigenvalue weighted by atomic mass is 9.89. The van der Waals surface area contributed by atoms with Crippen LogP contribution in [0, 0.1) is 19.8 Å². The fraction of sp³-hybridized carbons (Fsp3) is 0.294. The Bertz CT molecular complexity index is 4920. The molecule has 644 valence electrons. The van der Waals surface area contributed by atoms with Crippen molar-refractivity contribution in [3.63, 3.8) is 0 Å². The molecule has 0 aliphatic carbocycles. The summed E-state index contributed by atoms with van der Waals surface area (Å²) in [7, 11) is 3.16. The minimum Gasteiger partial charge on any atom is -0.497 e. The number of fused-ring (bicyclic) bond motifs is 2. The molecule has 6 aromatic carbocycles. The SMILES string of the molecule is C.C.C.CB(I)I.COc1ccc(COC(=O)C2=C(/C=C/CCl)CSC3[C@H](N)C(=O)N23)cc1.COc1ccc(COC(=O)C2=C(/C=C/CI)CSC3[C@H](CC(=O)/C(=N\O[C@@H](C)C(=O)OC(c4ccccc4)c4ccccc4)c4nc(C)sc4Cl)C(=O)N23)cc1.Cc1nc(/C(=N/O[C@@H](C)C(=O)OC(c2ccccc2)c2ccccc2)C(=O)O)c(Cl)s1.Cl. The van der Waals surface area contributed by atoms with Gasteiger partial charge in [0.1, 0.15) is 67.6 Å². The minimum absolute atomic E-state index is 0. The van der Waals surface area contributed by atoms with E-state index in [2.05, 4.69) is 94.4 Å². The van der Waals surface area contributed by atoms with Gasteiger partial charge in [-0.05, 0) is 96.5 Å². The molecule has 0 spiro atoms. The largest absolute Gasteiger partial charge is 0.497 e. The van der Waals surface area contributed by atoms with Crippen LogP contribution in [0.25, 0.3) is 0 Å². The van der Waals surface area contributed by atoms with E-state index in [1.807, 2.05) is 146 Å². The highest BCUT2D eigenvalue weighted by Crippen LogP contribution is 2.47. The summed E-state index contributed by atoms with van der Waals surface area (Å²) in [6.45, 7) is 8.54. The van der Waals surface area contributed by atoms with Crippen molar-refractivity contribution in [2.75, 3.05) is 36.0 Å². The van der Waals surface area contributed by atoms with E-state index in [0.29, 0.717) is 48.7 Å². The number of hydrogen-bond acceptors (Lipinski definition) is 25. The van der Waals surface area contributed by atoms with Crippen LogP contribution in [0.3, 0.4) is 0 Å². The highest BCUT2D eigenvalue weighted by atomic mass is 127. The van der Waals surface area contributed by atoms with Gasteiger partial charge in [-0.15, -0.1) is 115 Å². The minimum atomic E-state index is -1.38. The monoisotopic (exact) mass is 2140 g/mol. The molecule has 2 aromatic heterocycles. The number of ketones is 1. The van der Waals surface area contributed by atoms with Crippen LogP contribution in [0.4, 0.5) is 0 Å². The van der Waals surface area contributed by atoms with Crippen molar-refractivity contribution in [1.29, 1.82) is 0 Å². The first-order valence-corrected chi connectivity index (χ1v) is 44.9. The standard InChI is InChI=1S/C41H37ClIN3O8S2.C22H19ClN2O5S.C18H19ClN2O4S.CH3BI2.3CH4.ClH/c1-24(40(49)53-36(27-11-6-4-7-12-27)28-13-8-5-9-14-28)54-45-33(34-37(42)56-25(2)44-34)32(47)21-31-38(48)46-35(29(15-10-20-43)23-55-39(31)46)41(50)52-22-26-16-18-30(51-3)19-17-26;1-13(30-25-18(21(26)27)17-20(23)31-14(2)24-17)22(28)29-19(15-9-5-3-6-10-15)16-11-7-4-8-12-16;1-24-13-6-4-11(5-7-13)9-25-18(23)15-12(3-2-8-19)10-26-17-14(20)16(22)21(15)17;1-2(3)4;;;;/h4-19,24,31,36,39H,20-23H2,1-3H3;3-13,19H,1-2H3,(H,26,27);2-7,14,17H,8-10,20H2,1H3;1H3;3*1H4;1H/b15-10+,45-33+;25-18-;3-2+;;;;;/t24-,31+,39?;13-;14-,17?;;;;;/m001...../s1. The topological polar surface area (TPSA) is 314 Å². The van der Waals surface area contributed by atoms with Gasteiger partial charge in [-0.2, -0.15) is 0 Å². The Morgan fingerprint density at radius 3 is 1.31 bits per heavy atom. The quantitative estimate of drug-likeness (QED) is 0.00617. The van der Waals surface area contributed by atoms with Gasteiger partial charge in [0.15, 0.2) is 23.7 Å². The lowest BCUT2D eigenvalue weighted by Crippen LogP contribution is -2.68. The highest BCUT2D eigenvalue weighted by Gasteiger charge is 2.55. The van der Waals surface area contributed by atoms with Crippen LogP contribution in [0.5, 0.6) is 11.5 Å². The molecule has 0 saturated carbocycles. The molecule has 12 rings (SSSR count). The van der Waals surface area contributed by atoms with E-state index in [0.717, 1.165) is 64.2 Å². The van der Waals surface area contributed by atoms with Crippen LogP contribution in [0.2, 0.25) is 15.5 Å². The number of carboxylic acid groups (broad SMARTS) is 1. The number of carbonyl (C=O) groups excluding carboxylic acids is 7. The molecule has 6 heterocycles. The molecule has 8 aromatic rings. The first-order valence-electron chi connectivity index (χ1n) is 35.8. The number of nitrogens with zero attached hydrogens (tertiary/aromatic N) is 6. The zero-order valence-electron chi connectivity index (χ0n) is 64.2. The van der Waals surface area contributed by atoms with E-state index in [1.165, 1.54) is 47.2 Å².